The van der Waals surface area contributed by atoms with Gasteiger partial charge in [0.1, 0.15) is 24.9 Å². The molecular formula is C21H26N3O4+. The van der Waals surface area contributed by atoms with Crippen LogP contribution in [0, 0.1) is 6.92 Å². The molecule has 2 aromatic rings. The third kappa shape index (κ3) is 4.43. The number of hydrogen-bond acceptors (Lipinski definition) is 4. The van der Waals surface area contributed by atoms with Crippen LogP contribution in [0.3, 0.4) is 0 Å². The van der Waals surface area contributed by atoms with Gasteiger partial charge in [-0.05, 0) is 31.5 Å². The molecule has 7 nitrogen and oxygen atoms in total. The highest BCUT2D eigenvalue weighted by Gasteiger charge is 2.36. The molecule has 0 radical (unpaired) electrons. The number of hydrogen-bond donors (Lipinski definition) is 3. The van der Waals surface area contributed by atoms with Crippen molar-refractivity contribution >= 4 is 12.0 Å². The lowest BCUT2D eigenvalue weighted by atomic mass is 9.99. The number of quaternary nitrogens is 1. The Kier molecular flexibility index (Phi) is 6.16. The molecule has 0 bridgehead atoms. The van der Waals surface area contributed by atoms with Crippen molar-refractivity contribution in [2.45, 2.75) is 26.4 Å². The molecule has 2 amide bonds. The van der Waals surface area contributed by atoms with Gasteiger partial charge in [-0.2, -0.15) is 0 Å². The number of nitrogens with one attached hydrogen (secondary N) is 3. The quantitative estimate of drug-likeness (QED) is 0.631. The normalized spacial score (nSPS) is 17.7. The second-order valence-corrected chi connectivity index (χ2v) is 6.90. The van der Waals surface area contributed by atoms with Crippen molar-refractivity contribution in [3.63, 3.8) is 0 Å². The van der Waals surface area contributed by atoms with Crippen molar-refractivity contribution in [1.82, 2.24) is 10.6 Å². The number of likely N-dealkylation sites (N-methyl/N-ethyl adjacent to an activating group) is 1. The molecule has 1 aliphatic heterocycles. The van der Waals surface area contributed by atoms with Crippen LogP contribution in [0.2, 0.25) is 0 Å². The molecule has 148 valence electrons. The number of carbonyl (C=O) groups excluding carboxylic acids is 2. The molecule has 3 N–H and O–H groups in total. The standard InChI is InChI=1S/C21H25N3O4/c1-4-27-20(25)18-16(13-24(3)12-15-9-6-5-8-14(15)2)22-21(26)23-19(18)17-10-7-11-28-17/h5-11,19H,4,12-13H2,1-3H3,(H2,22,23,26)/p+1/t19-/m1/s1. The second kappa shape index (κ2) is 8.75. The molecule has 0 saturated heterocycles. The van der Waals surface area contributed by atoms with E-state index in [4.69, 9.17) is 9.15 Å². The smallest absolute Gasteiger partial charge is 0.338 e. The predicted molar refractivity (Wildman–Crippen MR) is 103 cm³/mol. The molecule has 1 aliphatic rings. The van der Waals surface area contributed by atoms with Crippen LogP contribution in [0.1, 0.15) is 29.9 Å². The molecule has 0 spiro atoms. The first kappa shape index (κ1) is 19.7. The Bertz CT molecular complexity index is 874. The van der Waals surface area contributed by atoms with Crippen LogP contribution >= 0.6 is 0 Å². The lowest BCUT2D eigenvalue weighted by molar-refractivity contribution is -0.889. The molecular weight excluding hydrogens is 358 g/mol. The minimum absolute atomic E-state index is 0.250. The summed E-state index contributed by atoms with van der Waals surface area (Å²) in [6.45, 7) is 5.31. The molecule has 0 aliphatic carbocycles. The third-order valence-electron chi connectivity index (χ3n) is 4.71. The molecule has 7 heteroatoms. The predicted octanol–water partition coefficient (Wildman–Crippen LogP) is 1.47. The van der Waals surface area contributed by atoms with Gasteiger partial charge < -0.3 is 24.7 Å². The van der Waals surface area contributed by atoms with Gasteiger partial charge in [0.05, 0.1) is 31.2 Å². The fraction of sp³-hybridized carbons (Fsp3) is 0.333. The summed E-state index contributed by atoms with van der Waals surface area (Å²) in [5.41, 5.74) is 3.36. The van der Waals surface area contributed by atoms with E-state index in [1.54, 1.807) is 19.1 Å². The minimum Gasteiger partial charge on any atom is -0.467 e. The minimum atomic E-state index is -0.677. The van der Waals surface area contributed by atoms with Crippen LogP contribution in [0.4, 0.5) is 4.79 Å². The maximum absolute atomic E-state index is 12.7. The summed E-state index contributed by atoms with van der Waals surface area (Å²) in [4.78, 5) is 26.1. The van der Waals surface area contributed by atoms with E-state index < -0.39 is 12.0 Å². The number of furan rings is 1. The van der Waals surface area contributed by atoms with E-state index in [0.29, 0.717) is 23.6 Å². The van der Waals surface area contributed by atoms with Gasteiger partial charge in [0.15, 0.2) is 0 Å². The van der Waals surface area contributed by atoms with Gasteiger partial charge in [0.25, 0.3) is 0 Å². The van der Waals surface area contributed by atoms with E-state index in [2.05, 4.69) is 29.7 Å². The van der Waals surface area contributed by atoms with Crippen molar-refractivity contribution in [3.8, 4) is 0 Å². The van der Waals surface area contributed by atoms with Crippen LogP contribution < -0.4 is 15.5 Å². The highest BCUT2D eigenvalue weighted by atomic mass is 16.5. The van der Waals surface area contributed by atoms with E-state index >= 15 is 0 Å². The maximum Gasteiger partial charge on any atom is 0.338 e. The van der Waals surface area contributed by atoms with E-state index in [1.165, 1.54) is 17.4 Å². The van der Waals surface area contributed by atoms with Crippen LogP contribution in [-0.4, -0.2) is 32.2 Å². The average molecular weight is 384 g/mol. The highest BCUT2D eigenvalue weighted by molar-refractivity contribution is 5.95. The van der Waals surface area contributed by atoms with Gasteiger partial charge in [-0.25, -0.2) is 9.59 Å². The zero-order valence-corrected chi connectivity index (χ0v) is 16.4. The monoisotopic (exact) mass is 384 g/mol. The Labute approximate surface area is 164 Å². The van der Waals surface area contributed by atoms with Crippen LogP contribution in [-0.2, 0) is 16.1 Å². The van der Waals surface area contributed by atoms with Crippen molar-refractivity contribution in [3.05, 3.63) is 70.8 Å². The molecule has 28 heavy (non-hydrogen) atoms. The first-order valence-corrected chi connectivity index (χ1v) is 9.36. The first-order valence-electron chi connectivity index (χ1n) is 9.36. The van der Waals surface area contributed by atoms with Gasteiger partial charge in [0.2, 0.25) is 0 Å². The van der Waals surface area contributed by atoms with Crippen molar-refractivity contribution < 1.29 is 23.6 Å². The average Bonchev–Trinajstić information content (AvgIpc) is 3.18. The van der Waals surface area contributed by atoms with Crippen LogP contribution in [0.15, 0.2) is 58.3 Å². The molecule has 0 saturated carbocycles. The Morgan fingerprint density at radius 2 is 2.00 bits per heavy atom. The summed E-state index contributed by atoms with van der Waals surface area (Å²) >= 11 is 0. The fourth-order valence-electron chi connectivity index (χ4n) is 3.37. The van der Waals surface area contributed by atoms with Crippen molar-refractivity contribution in [2.75, 3.05) is 20.2 Å². The Hall–Kier alpha value is -3.06. The Balaban J connectivity index is 1.90. The third-order valence-corrected chi connectivity index (χ3v) is 4.71. The summed E-state index contributed by atoms with van der Waals surface area (Å²) in [6, 6.07) is 10.6. The van der Waals surface area contributed by atoms with Gasteiger partial charge >= 0.3 is 12.0 Å². The fourth-order valence-corrected chi connectivity index (χ4v) is 3.37. The molecule has 0 fully saturated rings. The summed E-state index contributed by atoms with van der Waals surface area (Å²) in [5, 5.41) is 5.55. The molecule has 1 aromatic carbocycles. The Morgan fingerprint density at radius 3 is 2.68 bits per heavy atom. The second-order valence-electron chi connectivity index (χ2n) is 6.90. The summed E-state index contributed by atoms with van der Waals surface area (Å²) < 4.78 is 10.7. The number of aryl methyl sites for hydroxylation is 1. The van der Waals surface area contributed by atoms with Crippen LogP contribution in [0.5, 0.6) is 0 Å². The number of rotatable bonds is 7. The molecule has 1 unspecified atom stereocenters. The van der Waals surface area contributed by atoms with Gasteiger partial charge in [-0.3, -0.25) is 0 Å². The lowest BCUT2D eigenvalue weighted by Gasteiger charge is -2.28. The van der Waals surface area contributed by atoms with E-state index in [0.717, 1.165) is 11.4 Å². The van der Waals surface area contributed by atoms with Crippen molar-refractivity contribution in [1.29, 1.82) is 0 Å². The zero-order chi connectivity index (χ0) is 20.1. The van der Waals surface area contributed by atoms with Gasteiger partial charge in [-0.15, -0.1) is 0 Å². The summed E-state index contributed by atoms with van der Waals surface area (Å²) in [7, 11) is 2.03. The number of esters is 1. The molecule has 1 aromatic heterocycles. The maximum atomic E-state index is 12.7. The van der Waals surface area contributed by atoms with Gasteiger partial charge in [0, 0.05) is 5.56 Å². The van der Waals surface area contributed by atoms with Crippen LogP contribution in [0.25, 0.3) is 0 Å². The van der Waals surface area contributed by atoms with E-state index in [1.807, 2.05) is 19.2 Å². The van der Waals surface area contributed by atoms with E-state index in [-0.39, 0.29) is 12.6 Å². The number of amides is 2. The SMILES string of the molecule is CCOC(=O)C1=C(C[NH+](C)Cc2ccccc2C)NC(=O)N[C@@H]1c1ccco1. The largest absolute Gasteiger partial charge is 0.467 e. The Morgan fingerprint density at radius 1 is 1.21 bits per heavy atom. The summed E-state index contributed by atoms with van der Waals surface area (Å²) in [5.74, 6) is 0.0297. The lowest BCUT2D eigenvalue weighted by Crippen LogP contribution is -3.08. The molecule has 3 rings (SSSR count). The first-order chi connectivity index (χ1) is 13.5. The number of urea groups is 1. The number of benzene rings is 1. The zero-order valence-electron chi connectivity index (χ0n) is 16.4. The number of ether oxygens (including phenoxy) is 1. The molecule has 2 atom stereocenters. The number of carbonyl (C=O) groups is 2. The van der Waals surface area contributed by atoms with E-state index in [9.17, 15) is 9.59 Å². The topological polar surface area (TPSA) is 85.0 Å². The summed E-state index contributed by atoms with van der Waals surface area (Å²) in [6.07, 6.45) is 1.52. The highest BCUT2D eigenvalue weighted by Crippen LogP contribution is 2.27. The van der Waals surface area contributed by atoms with Gasteiger partial charge in [-0.1, -0.05) is 24.3 Å². The van der Waals surface area contributed by atoms with Crippen molar-refractivity contribution in [2.24, 2.45) is 0 Å². The molecule has 2 heterocycles.